The lowest BCUT2D eigenvalue weighted by Crippen LogP contribution is -2.31. The first-order valence-electron chi connectivity index (χ1n) is 10.0. The van der Waals surface area contributed by atoms with Crippen molar-refractivity contribution in [2.75, 3.05) is 19.0 Å². The summed E-state index contributed by atoms with van der Waals surface area (Å²) in [7, 11) is 1.55. The molecule has 0 aliphatic heterocycles. The largest absolute Gasteiger partial charge is 0.493 e. The van der Waals surface area contributed by atoms with Crippen LogP contribution in [0, 0.1) is 5.92 Å². The molecule has 0 unspecified atom stereocenters. The van der Waals surface area contributed by atoms with Gasteiger partial charge in [-0.15, -0.1) is 0 Å². The van der Waals surface area contributed by atoms with Crippen LogP contribution in [0.3, 0.4) is 0 Å². The van der Waals surface area contributed by atoms with Gasteiger partial charge in [-0.25, -0.2) is 4.79 Å². The predicted molar refractivity (Wildman–Crippen MR) is 115 cm³/mol. The first-order chi connectivity index (χ1) is 13.9. The summed E-state index contributed by atoms with van der Waals surface area (Å²) in [5.74, 6) is 1.69. The van der Waals surface area contributed by atoms with Gasteiger partial charge in [-0.1, -0.05) is 44.2 Å². The Morgan fingerprint density at radius 2 is 1.83 bits per heavy atom. The van der Waals surface area contributed by atoms with Crippen molar-refractivity contribution >= 4 is 11.7 Å². The van der Waals surface area contributed by atoms with Gasteiger partial charge in [0.1, 0.15) is 0 Å². The first kappa shape index (κ1) is 22.6. The third-order valence-corrected chi connectivity index (χ3v) is 4.64. The molecule has 2 aromatic carbocycles. The number of ether oxygens (including phenoxy) is 2. The van der Waals surface area contributed by atoms with Gasteiger partial charge in [0.05, 0.1) is 32.1 Å². The Balaban J connectivity index is 2.09. The van der Waals surface area contributed by atoms with Crippen molar-refractivity contribution < 1.29 is 19.4 Å². The maximum atomic E-state index is 12.5. The number of nitrogens with one attached hydrogen (secondary N) is 2. The second kappa shape index (κ2) is 11.3. The number of carbonyl (C=O) groups is 1. The van der Waals surface area contributed by atoms with Gasteiger partial charge in [-0.3, -0.25) is 0 Å². The van der Waals surface area contributed by atoms with Crippen molar-refractivity contribution in [3.63, 3.8) is 0 Å². The van der Waals surface area contributed by atoms with Gasteiger partial charge >= 0.3 is 6.03 Å². The topological polar surface area (TPSA) is 79.8 Å². The number of benzene rings is 2. The van der Waals surface area contributed by atoms with E-state index in [1.807, 2.05) is 37.3 Å². The summed E-state index contributed by atoms with van der Waals surface area (Å²) in [6.07, 6.45) is 2.00. The van der Waals surface area contributed by atoms with Crippen molar-refractivity contribution in [3.8, 4) is 11.5 Å². The highest BCUT2D eigenvalue weighted by Gasteiger charge is 2.15. The summed E-state index contributed by atoms with van der Waals surface area (Å²) in [4.78, 5) is 12.5. The summed E-state index contributed by atoms with van der Waals surface area (Å²) >= 11 is 0. The quantitative estimate of drug-likeness (QED) is 0.496. The molecule has 158 valence electrons. The molecule has 0 bridgehead atoms. The van der Waals surface area contributed by atoms with E-state index in [2.05, 4.69) is 24.5 Å². The highest BCUT2D eigenvalue weighted by atomic mass is 16.5. The van der Waals surface area contributed by atoms with E-state index in [0.29, 0.717) is 35.3 Å². The smallest absolute Gasteiger partial charge is 0.319 e. The van der Waals surface area contributed by atoms with Gasteiger partial charge < -0.3 is 25.2 Å². The highest BCUT2D eigenvalue weighted by Crippen LogP contribution is 2.34. The van der Waals surface area contributed by atoms with Gasteiger partial charge in [-0.2, -0.15) is 0 Å². The summed E-state index contributed by atoms with van der Waals surface area (Å²) in [6.45, 7) is 6.60. The van der Waals surface area contributed by atoms with Crippen LogP contribution in [0.25, 0.3) is 0 Å². The molecule has 6 heteroatoms. The monoisotopic (exact) mass is 400 g/mol. The Bertz CT molecular complexity index is 778. The number of rotatable bonds is 10. The van der Waals surface area contributed by atoms with Crippen LogP contribution < -0.4 is 20.1 Å². The lowest BCUT2D eigenvalue weighted by molar-refractivity contribution is 0.249. The van der Waals surface area contributed by atoms with E-state index in [0.717, 1.165) is 18.4 Å². The van der Waals surface area contributed by atoms with Gasteiger partial charge in [0.15, 0.2) is 11.5 Å². The minimum Gasteiger partial charge on any atom is -0.493 e. The number of amides is 2. The molecular weight excluding hydrogens is 368 g/mol. The van der Waals surface area contributed by atoms with Crippen LogP contribution in [-0.2, 0) is 6.61 Å². The molecule has 6 nitrogen and oxygen atoms in total. The summed E-state index contributed by atoms with van der Waals surface area (Å²) in [6, 6.07) is 12.6. The molecule has 0 aliphatic carbocycles. The zero-order valence-corrected chi connectivity index (χ0v) is 17.7. The molecule has 0 radical (unpaired) electrons. The van der Waals surface area contributed by atoms with Crippen LogP contribution in [0.1, 0.15) is 50.8 Å². The van der Waals surface area contributed by atoms with Crippen LogP contribution in [0.2, 0.25) is 0 Å². The molecule has 0 spiro atoms. The van der Waals surface area contributed by atoms with E-state index >= 15 is 0 Å². The fraction of sp³-hybridized carbons (Fsp3) is 0.435. The van der Waals surface area contributed by atoms with Crippen molar-refractivity contribution in [2.24, 2.45) is 5.92 Å². The number of urea groups is 1. The maximum Gasteiger partial charge on any atom is 0.319 e. The van der Waals surface area contributed by atoms with E-state index in [-0.39, 0.29) is 18.7 Å². The molecule has 3 N–H and O–H groups in total. The average molecular weight is 401 g/mol. The molecule has 0 saturated carbocycles. The van der Waals surface area contributed by atoms with Crippen LogP contribution in [-0.4, -0.2) is 24.9 Å². The molecule has 29 heavy (non-hydrogen) atoms. The second-order valence-corrected chi connectivity index (χ2v) is 7.43. The highest BCUT2D eigenvalue weighted by molar-refractivity contribution is 5.91. The molecule has 0 fully saturated rings. The standard InChI is InChI=1S/C23H32N2O4/c1-16(2)9-8-12-29-22-14-20(19(15-26)13-21(22)28-4)25-23(27)24-17(3)18-10-6-5-7-11-18/h5-7,10-11,13-14,16-17,26H,8-9,12,15H2,1-4H3,(H2,24,25,27)/t17-/m0/s1. The number of anilines is 1. The molecule has 2 amide bonds. The molecule has 0 saturated heterocycles. The summed E-state index contributed by atoms with van der Waals surface area (Å²) in [5, 5.41) is 15.4. The number of hydrogen-bond donors (Lipinski definition) is 3. The van der Waals surface area contributed by atoms with Crippen LogP contribution in [0.4, 0.5) is 10.5 Å². The lowest BCUT2D eigenvalue weighted by atomic mass is 10.1. The minimum atomic E-state index is -0.355. The van der Waals surface area contributed by atoms with Crippen LogP contribution in [0.5, 0.6) is 11.5 Å². The fourth-order valence-corrected chi connectivity index (χ4v) is 2.98. The lowest BCUT2D eigenvalue weighted by Gasteiger charge is -2.18. The Morgan fingerprint density at radius 1 is 1.10 bits per heavy atom. The van der Waals surface area contributed by atoms with Gasteiger partial charge in [0.2, 0.25) is 0 Å². The maximum absolute atomic E-state index is 12.5. The second-order valence-electron chi connectivity index (χ2n) is 7.43. The number of aliphatic hydroxyl groups excluding tert-OH is 1. The van der Waals surface area contributed by atoms with E-state index in [1.54, 1.807) is 19.2 Å². The average Bonchev–Trinajstić information content (AvgIpc) is 2.71. The summed E-state index contributed by atoms with van der Waals surface area (Å²) in [5.41, 5.74) is 2.05. The minimum absolute atomic E-state index is 0.154. The summed E-state index contributed by atoms with van der Waals surface area (Å²) < 4.78 is 11.3. The molecule has 0 aromatic heterocycles. The van der Waals surface area contributed by atoms with Gasteiger partial charge in [0.25, 0.3) is 0 Å². The number of methoxy groups -OCH3 is 1. The number of aliphatic hydroxyl groups is 1. The fourth-order valence-electron chi connectivity index (χ4n) is 2.98. The Morgan fingerprint density at radius 3 is 2.45 bits per heavy atom. The third kappa shape index (κ3) is 6.98. The number of hydrogen-bond acceptors (Lipinski definition) is 4. The zero-order valence-electron chi connectivity index (χ0n) is 17.7. The normalized spacial score (nSPS) is 11.8. The molecule has 0 heterocycles. The van der Waals surface area contributed by atoms with Crippen molar-refractivity contribution in [2.45, 2.75) is 46.3 Å². The predicted octanol–water partition coefficient (Wildman–Crippen LogP) is 4.89. The van der Waals surface area contributed by atoms with Crippen LogP contribution >= 0.6 is 0 Å². The van der Waals surface area contributed by atoms with Crippen molar-refractivity contribution in [1.29, 1.82) is 0 Å². The third-order valence-electron chi connectivity index (χ3n) is 4.64. The SMILES string of the molecule is COc1cc(CO)c(NC(=O)N[C@@H](C)c2ccccc2)cc1OCCCC(C)C. The molecule has 0 aliphatic rings. The molecular formula is C23H32N2O4. The van der Waals surface area contributed by atoms with E-state index < -0.39 is 0 Å². The van der Waals surface area contributed by atoms with Crippen molar-refractivity contribution in [3.05, 3.63) is 53.6 Å². The number of carbonyl (C=O) groups excluding carboxylic acids is 1. The molecule has 2 rings (SSSR count). The van der Waals surface area contributed by atoms with Crippen LogP contribution in [0.15, 0.2) is 42.5 Å². The zero-order chi connectivity index (χ0) is 21.2. The van der Waals surface area contributed by atoms with Gasteiger partial charge in [0, 0.05) is 11.6 Å². The Labute approximate surface area is 173 Å². The van der Waals surface area contributed by atoms with E-state index in [1.165, 1.54) is 0 Å². The Hall–Kier alpha value is -2.73. The molecule has 2 aromatic rings. The molecule has 1 atom stereocenters. The van der Waals surface area contributed by atoms with Gasteiger partial charge in [-0.05, 0) is 37.3 Å². The first-order valence-corrected chi connectivity index (χ1v) is 10.0. The van der Waals surface area contributed by atoms with Crippen molar-refractivity contribution in [1.82, 2.24) is 5.32 Å². The van der Waals surface area contributed by atoms with E-state index in [4.69, 9.17) is 9.47 Å². The van der Waals surface area contributed by atoms with E-state index in [9.17, 15) is 9.90 Å². The Kier molecular flexibility index (Phi) is 8.80.